The number of pyridine rings is 1. The number of hydrogen-bond acceptors (Lipinski definition) is 4. The van der Waals surface area contributed by atoms with Crippen LogP contribution in [0.15, 0.2) is 42.6 Å². The van der Waals surface area contributed by atoms with Crippen molar-refractivity contribution in [3.8, 4) is 0 Å². The smallest absolute Gasteiger partial charge is 0.390 e. The third kappa shape index (κ3) is 4.77. The van der Waals surface area contributed by atoms with Gasteiger partial charge in [-0.05, 0) is 80.7 Å². The lowest BCUT2D eigenvalue weighted by atomic mass is 9.80. The molecular weight excluding hydrogens is 433 g/mol. The zero-order valence-electron chi connectivity index (χ0n) is 18.6. The minimum atomic E-state index is -4.80. The number of benzene rings is 1. The van der Waals surface area contributed by atoms with E-state index in [9.17, 15) is 28.2 Å². The van der Waals surface area contributed by atoms with E-state index >= 15 is 0 Å². The first-order valence-corrected chi connectivity index (χ1v) is 11.4. The molecule has 8 heteroatoms. The van der Waals surface area contributed by atoms with Crippen LogP contribution in [0.25, 0.3) is 0 Å². The lowest BCUT2D eigenvalue weighted by Crippen LogP contribution is -2.44. The Morgan fingerprint density at radius 1 is 1.03 bits per heavy atom. The second kappa shape index (κ2) is 9.06. The molecule has 2 aliphatic carbocycles. The maximum Gasteiger partial charge on any atom is 0.421 e. The van der Waals surface area contributed by atoms with Gasteiger partial charge in [-0.2, -0.15) is 13.2 Å². The van der Waals surface area contributed by atoms with Crippen LogP contribution in [0, 0.1) is 0 Å². The van der Waals surface area contributed by atoms with Gasteiger partial charge in [0.2, 0.25) is 0 Å². The summed E-state index contributed by atoms with van der Waals surface area (Å²) in [4.78, 5) is 19.5. The van der Waals surface area contributed by atoms with Gasteiger partial charge in [-0.15, -0.1) is 0 Å². The van der Waals surface area contributed by atoms with Crippen molar-refractivity contribution in [1.82, 2.24) is 9.88 Å². The second-order valence-electron chi connectivity index (χ2n) is 9.29. The summed E-state index contributed by atoms with van der Waals surface area (Å²) in [6.45, 7) is 0.614. The predicted molar refractivity (Wildman–Crippen MR) is 116 cm³/mol. The zero-order valence-corrected chi connectivity index (χ0v) is 18.6. The zero-order chi connectivity index (χ0) is 23.8. The molecule has 4 rings (SSSR count). The average Bonchev–Trinajstić information content (AvgIpc) is 3.64. The van der Waals surface area contributed by atoms with Crippen LogP contribution in [-0.2, 0) is 12.2 Å². The predicted octanol–water partition coefficient (Wildman–Crippen LogP) is 4.67. The number of nitrogens with zero attached hydrogens (tertiary/aromatic N) is 2. The summed E-state index contributed by atoms with van der Waals surface area (Å²) >= 11 is 0. The Labute approximate surface area is 191 Å². The molecule has 1 aromatic heterocycles. The number of aromatic nitrogens is 1. The van der Waals surface area contributed by atoms with Crippen LogP contribution in [0.1, 0.15) is 78.5 Å². The molecule has 0 saturated heterocycles. The van der Waals surface area contributed by atoms with Gasteiger partial charge in [0.25, 0.3) is 5.91 Å². The van der Waals surface area contributed by atoms with Gasteiger partial charge in [-0.1, -0.05) is 18.2 Å². The Morgan fingerprint density at radius 2 is 1.61 bits per heavy atom. The van der Waals surface area contributed by atoms with Gasteiger partial charge in [-0.25, -0.2) is 0 Å². The van der Waals surface area contributed by atoms with E-state index in [2.05, 4.69) is 4.98 Å². The lowest BCUT2D eigenvalue weighted by Gasteiger charge is -2.38. The minimum absolute atomic E-state index is 0.0773. The van der Waals surface area contributed by atoms with Crippen molar-refractivity contribution in [2.24, 2.45) is 0 Å². The topological polar surface area (TPSA) is 73.7 Å². The van der Waals surface area contributed by atoms with Gasteiger partial charge in [0.1, 0.15) is 0 Å². The molecule has 0 aliphatic heterocycles. The fourth-order valence-electron chi connectivity index (χ4n) is 4.85. The van der Waals surface area contributed by atoms with E-state index in [-0.39, 0.29) is 36.1 Å². The molecule has 2 aromatic rings. The van der Waals surface area contributed by atoms with Gasteiger partial charge >= 0.3 is 6.18 Å². The van der Waals surface area contributed by atoms with Gasteiger partial charge < -0.3 is 15.1 Å². The Hall–Kier alpha value is -2.45. The van der Waals surface area contributed by atoms with Crippen LogP contribution in [0.5, 0.6) is 0 Å². The van der Waals surface area contributed by atoms with E-state index in [0.717, 1.165) is 44.1 Å². The van der Waals surface area contributed by atoms with Crippen LogP contribution >= 0.6 is 0 Å². The largest absolute Gasteiger partial charge is 0.421 e. The lowest BCUT2D eigenvalue weighted by molar-refractivity contribution is -0.258. The molecular formula is C25H29F3N2O3. The summed E-state index contributed by atoms with van der Waals surface area (Å²) in [6.07, 6.45) is 2.16. The number of carbonyl (C=O) groups is 1. The maximum absolute atomic E-state index is 13.3. The fourth-order valence-corrected chi connectivity index (χ4v) is 4.85. The highest BCUT2D eigenvalue weighted by Crippen LogP contribution is 2.41. The Kier molecular flexibility index (Phi) is 6.51. The molecule has 0 bridgehead atoms. The standard InChI is InChI=1S/C25H29F3N2O3/c1-24(33,25(26,27)28)18-8-4-17(5-9-18)23(32)30(20-12-13-20)19-10-6-16(7-11-19)21-3-2-14-29-22(21)15-31/h2-5,8-9,14,16,19-20,31,33H,6-7,10-13,15H2,1H3/t16-,19-,24-/m0/s1. The van der Waals surface area contributed by atoms with Crippen molar-refractivity contribution in [1.29, 1.82) is 0 Å². The van der Waals surface area contributed by atoms with E-state index in [4.69, 9.17) is 0 Å². The summed E-state index contributed by atoms with van der Waals surface area (Å²) in [7, 11) is 0. The number of hydrogen-bond donors (Lipinski definition) is 2. The molecule has 1 aromatic carbocycles. The first kappa shape index (κ1) is 23.7. The molecule has 0 unspecified atom stereocenters. The van der Waals surface area contributed by atoms with Crippen LogP contribution in [0.2, 0.25) is 0 Å². The summed E-state index contributed by atoms with van der Waals surface area (Å²) in [6, 6.07) is 9.25. The third-order valence-corrected chi connectivity index (χ3v) is 7.03. The summed E-state index contributed by atoms with van der Waals surface area (Å²) in [5.74, 6) is 0.119. The monoisotopic (exact) mass is 462 g/mol. The van der Waals surface area contributed by atoms with E-state index in [1.54, 1.807) is 6.20 Å². The number of rotatable bonds is 6. The fraction of sp³-hybridized carbons (Fsp3) is 0.520. The highest BCUT2D eigenvalue weighted by atomic mass is 19.4. The Balaban J connectivity index is 1.47. The molecule has 2 saturated carbocycles. The van der Waals surface area contributed by atoms with Crippen molar-refractivity contribution >= 4 is 5.91 Å². The molecule has 2 aliphatic rings. The maximum atomic E-state index is 13.3. The first-order valence-electron chi connectivity index (χ1n) is 11.4. The van der Waals surface area contributed by atoms with E-state index in [0.29, 0.717) is 18.2 Å². The normalized spacial score (nSPS) is 23.1. The number of amides is 1. The summed E-state index contributed by atoms with van der Waals surface area (Å²) in [5.41, 5.74) is -1.16. The average molecular weight is 463 g/mol. The third-order valence-electron chi connectivity index (χ3n) is 7.03. The molecule has 1 heterocycles. The van der Waals surface area contributed by atoms with Gasteiger partial charge in [-0.3, -0.25) is 9.78 Å². The highest BCUT2D eigenvalue weighted by molar-refractivity contribution is 5.95. The van der Waals surface area contributed by atoms with Crippen LogP contribution in [0.4, 0.5) is 13.2 Å². The van der Waals surface area contributed by atoms with E-state index in [1.165, 1.54) is 24.3 Å². The molecule has 0 spiro atoms. The Bertz CT molecular complexity index is 979. The van der Waals surface area contributed by atoms with Gasteiger partial charge in [0.15, 0.2) is 5.60 Å². The van der Waals surface area contributed by atoms with Crippen molar-refractivity contribution in [2.75, 3.05) is 0 Å². The van der Waals surface area contributed by atoms with Crippen LogP contribution in [0.3, 0.4) is 0 Å². The summed E-state index contributed by atoms with van der Waals surface area (Å²) < 4.78 is 39.4. The molecule has 1 atom stereocenters. The molecule has 5 nitrogen and oxygen atoms in total. The first-order chi connectivity index (χ1) is 15.6. The van der Waals surface area contributed by atoms with Crippen LogP contribution in [-0.4, -0.2) is 44.3 Å². The second-order valence-corrected chi connectivity index (χ2v) is 9.29. The number of halogens is 3. The number of aliphatic hydroxyl groups excluding tert-OH is 1. The highest BCUT2D eigenvalue weighted by Gasteiger charge is 2.51. The quantitative estimate of drug-likeness (QED) is 0.654. The van der Waals surface area contributed by atoms with Crippen molar-refractivity contribution < 1.29 is 28.2 Å². The van der Waals surface area contributed by atoms with E-state index in [1.807, 2.05) is 17.0 Å². The van der Waals surface area contributed by atoms with Gasteiger partial charge in [0.05, 0.1) is 12.3 Å². The molecule has 0 radical (unpaired) electrons. The van der Waals surface area contributed by atoms with Crippen LogP contribution < -0.4 is 0 Å². The number of alkyl halides is 3. The van der Waals surface area contributed by atoms with Crippen molar-refractivity contribution in [3.63, 3.8) is 0 Å². The molecule has 33 heavy (non-hydrogen) atoms. The number of carbonyl (C=O) groups excluding carboxylic acids is 1. The molecule has 2 fully saturated rings. The van der Waals surface area contributed by atoms with E-state index < -0.39 is 11.8 Å². The molecule has 1 amide bonds. The molecule has 2 N–H and O–H groups in total. The Morgan fingerprint density at radius 3 is 2.12 bits per heavy atom. The minimum Gasteiger partial charge on any atom is -0.390 e. The van der Waals surface area contributed by atoms with Gasteiger partial charge in [0, 0.05) is 23.8 Å². The van der Waals surface area contributed by atoms with Crippen molar-refractivity contribution in [2.45, 2.75) is 81.8 Å². The summed E-state index contributed by atoms with van der Waals surface area (Å²) in [5, 5.41) is 19.5. The van der Waals surface area contributed by atoms with Crippen molar-refractivity contribution in [3.05, 3.63) is 65.0 Å². The SMILES string of the molecule is C[C@](O)(c1ccc(C(=O)N(C2CC2)[C@H]2CC[C@H](c3cccnc3CO)CC2)cc1)C(F)(F)F. The molecule has 178 valence electrons. The number of aliphatic hydroxyl groups is 2.